The number of nitrogens with one attached hydrogen (secondary N) is 1. The molecule has 1 spiro atoms. The molecule has 172 valence electrons. The molecular formula is C22H26ClF2N5O2. The minimum atomic E-state index is -3.14. The van der Waals surface area contributed by atoms with Gasteiger partial charge in [0.15, 0.2) is 5.82 Å². The minimum absolute atomic E-state index is 0.0719. The van der Waals surface area contributed by atoms with E-state index in [0.717, 1.165) is 54.0 Å². The van der Waals surface area contributed by atoms with Crippen LogP contribution in [0.1, 0.15) is 36.8 Å². The molecule has 0 bridgehead atoms. The lowest BCUT2D eigenvalue weighted by Gasteiger charge is -2.45. The zero-order valence-electron chi connectivity index (χ0n) is 17.9. The summed E-state index contributed by atoms with van der Waals surface area (Å²) in [5.41, 5.74) is 2.38. The van der Waals surface area contributed by atoms with Crippen LogP contribution >= 0.6 is 11.6 Å². The van der Waals surface area contributed by atoms with E-state index < -0.39 is 12.3 Å². The molecule has 1 aromatic carbocycles. The van der Waals surface area contributed by atoms with Crippen LogP contribution < -0.4 is 5.32 Å². The molecule has 10 heteroatoms. The highest BCUT2D eigenvalue weighted by molar-refractivity contribution is 6.31. The van der Waals surface area contributed by atoms with Crippen LogP contribution in [0, 0.1) is 6.92 Å². The second-order valence-electron chi connectivity index (χ2n) is 8.54. The van der Waals surface area contributed by atoms with Gasteiger partial charge in [0.2, 0.25) is 0 Å². The van der Waals surface area contributed by atoms with Crippen LogP contribution in [0.2, 0.25) is 5.02 Å². The van der Waals surface area contributed by atoms with Gasteiger partial charge < -0.3 is 10.2 Å². The van der Waals surface area contributed by atoms with E-state index in [0.29, 0.717) is 13.1 Å². The van der Waals surface area contributed by atoms with Gasteiger partial charge >= 0.3 is 12.5 Å². The summed E-state index contributed by atoms with van der Waals surface area (Å²) < 4.78 is 25.9. The lowest BCUT2D eigenvalue weighted by atomic mass is 9.84. The van der Waals surface area contributed by atoms with Crippen molar-refractivity contribution in [3.63, 3.8) is 0 Å². The fourth-order valence-electron chi connectivity index (χ4n) is 4.77. The van der Waals surface area contributed by atoms with E-state index >= 15 is 0 Å². The first kappa shape index (κ1) is 22.7. The van der Waals surface area contributed by atoms with Crippen LogP contribution in [0.25, 0.3) is 0 Å². The van der Waals surface area contributed by atoms with E-state index in [2.05, 4.69) is 22.1 Å². The number of alkyl halides is 2. The number of nitrogens with zero attached hydrogens (tertiary/aromatic N) is 4. The first-order valence-corrected chi connectivity index (χ1v) is 11.1. The molecule has 7 nitrogen and oxygen atoms in total. The summed E-state index contributed by atoms with van der Waals surface area (Å²) in [5.74, 6) is -1.52. The number of amides is 2. The van der Waals surface area contributed by atoms with Gasteiger partial charge in [-0.15, -0.1) is 5.10 Å². The lowest BCUT2D eigenvalue weighted by molar-refractivity contribution is -0.126. The fourth-order valence-corrected chi connectivity index (χ4v) is 4.89. The van der Waals surface area contributed by atoms with Crippen molar-refractivity contribution in [3.8, 4) is 0 Å². The Hall–Kier alpha value is -2.52. The van der Waals surface area contributed by atoms with Crippen LogP contribution in [0.15, 0.2) is 30.5 Å². The van der Waals surface area contributed by atoms with E-state index in [9.17, 15) is 18.4 Å². The number of likely N-dealkylation sites (tertiary alicyclic amines) is 2. The molecule has 2 aliphatic rings. The Labute approximate surface area is 190 Å². The highest BCUT2D eigenvalue weighted by Gasteiger charge is 2.43. The zero-order chi connectivity index (χ0) is 22.9. The Balaban J connectivity index is 1.37. The highest BCUT2D eigenvalue weighted by atomic mass is 35.5. The maximum Gasteiger partial charge on any atom is 0.344 e. The normalized spacial score (nSPS) is 18.5. The summed E-state index contributed by atoms with van der Waals surface area (Å²) in [6, 6.07) is 7.15. The van der Waals surface area contributed by atoms with Gasteiger partial charge in [-0.25, -0.2) is 4.79 Å². The van der Waals surface area contributed by atoms with Crippen molar-refractivity contribution in [2.24, 2.45) is 0 Å². The van der Waals surface area contributed by atoms with Gasteiger partial charge in [-0.2, -0.15) is 13.5 Å². The third-order valence-corrected chi connectivity index (χ3v) is 6.96. The summed E-state index contributed by atoms with van der Waals surface area (Å²) in [7, 11) is 0. The highest BCUT2D eigenvalue weighted by Crippen LogP contribution is 2.39. The predicted molar refractivity (Wildman–Crippen MR) is 117 cm³/mol. The van der Waals surface area contributed by atoms with Crippen molar-refractivity contribution < 1.29 is 18.4 Å². The SMILES string of the molecule is Cc1cc(CN2CCCC23CCN(C(=O)n2ccc(NC(=O)C(F)F)n2)CC3)ccc1Cl. The number of rotatable bonds is 4. The molecule has 32 heavy (non-hydrogen) atoms. The van der Waals surface area contributed by atoms with Crippen molar-refractivity contribution in [1.82, 2.24) is 19.6 Å². The summed E-state index contributed by atoms with van der Waals surface area (Å²) in [6.45, 7) is 5.08. The largest absolute Gasteiger partial charge is 0.344 e. The number of aryl methyl sites for hydroxylation is 1. The number of hydrogen-bond acceptors (Lipinski definition) is 4. The molecule has 0 radical (unpaired) electrons. The first-order chi connectivity index (χ1) is 15.3. The Morgan fingerprint density at radius 1 is 1.19 bits per heavy atom. The average molecular weight is 466 g/mol. The van der Waals surface area contributed by atoms with Crippen molar-refractivity contribution >= 4 is 29.4 Å². The van der Waals surface area contributed by atoms with Gasteiger partial charge in [-0.3, -0.25) is 9.69 Å². The van der Waals surface area contributed by atoms with Crippen LogP contribution in [-0.4, -0.2) is 63.1 Å². The number of hydrogen-bond donors (Lipinski definition) is 1. The molecule has 2 aromatic rings. The molecular weight excluding hydrogens is 440 g/mol. The van der Waals surface area contributed by atoms with E-state index in [1.165, 1.54) is 17.8 Å². The quantitative estimate of drug-likeness (QED) is 0.736. The van der Waals surface area contributed by atoms with Crippen LogP contribution in [0.5, 0.6) is 0 Å². The van der Waals surface area contributed by atoms with Crippen LogP contribution in [0.3, 0.4) is 0 Å². The molecule has 4 rings (SSSR count). The van der Waals surface area contributed by atoms with Gasteiger partial charge in [-0.1, -0.05) is 23.7 Å². The smallest absolute Gasteiger partial charge is 0.323 e. The first-order valence-electron chi connectivity index (χ1n) is 10.7. The van der Waals surface area contributed by atoms with Crippen molar-refractivity contribution in [1.29, 1.82) is 0 Å². The second-order valence-corrected chi connectivity index (χ2v) is 8.95. The van der Waals surface area contributed by atoms with E-state index in [1.807, 2.05) is 18.3 Å². The van der Waals surface area contributed by atoms with Gasteiger partial charge in [0.1, 0.15) is 0 Å². The Morgan fingerprint density at radius 2 is 1.94 bits per heavy atom. The fraction of sp³-hybridized carbons (Fsp3) is 0.500. The molecule has 2 fully saturated rings. The second kappa shape index (κ2) is 9.15. The maximum absolute atomic E-state index is 12.8. The molecule has 0 aliphatic carbocycles. The van der Waals surface area contributed by atoms with Crippen molar-refractivity contribution in [2.45, 2.75) is 51.1 Å². The monoisotopic (exact) mass is 465 g/mol. The van der Waals surface area contributed by atoms with Crippen LogP contribution in [-0.2, 0) is 11.3 Å². The van der Waals surface area contributed by atoms with Crippen molar-refractivity contribution in [2.75, 3.05) is 25.0 Å². The number of aromatic nitrogens is 2. The summed E-state index contributed by atoms with van der Waals surface area (Å²) >= 11 is 6.16. The lowest BCUT2D eigenvalue weighted by Crippen LogP contribution is -2.53. The molecule has 3 heterocycles. The minimum Gasteiger partial charge on any atom is -0.323 e. The molecule has 2 aliphatic heterocycles. The Kier molecular flexibility index (Phi) is 6.48. The van der Waals surface area contributed by atoms with Gasteiger partial charge in [0.05, 0.1) is 0 Å². The van der Waals surface area contributed by atoms with E-state index in [-0.39, 0.29) is 17.4 Å². The molecule has 2 saturated heterocycles. The van der Waals surface area contributed by atoms with E-state index in [1.54, 1.807) is 4.90 Å². The molecule has 1 N–H and O–H groups in total. The molecule has 2 amide bonds. The van der Waals surface area contributed by atoms with Gasteiger partial charge in [0.25, 0.3) is 5.91 Å². The Bertz CT molecular complexity index is 1000. The zero-order valence-corrected chi connectivity index (χ0v) is 18.6. The number of carbonyl (C=O) groups is 2. The molecule has 0 unspecified atom stereocenters. The molecule has 0 atom stereocenters. The molecule has 1 aromatic heterocycles. The number of benzene rings is 1. The van der Waals surface area contributed by atoms with E-state index in [4.69, 9.17) is 11.6 Å². The van der Waals surface area contributed by atoms with Crippen molar-refractivity contribution in [3.05, 3.63) is 46.6 Å². The molecule has 0 saturated carbocycles. The standard InChI is InChI=1S/C22H26ClF2N5O2/c1-15-13-16(3-4-17(15)23)14-29-9-2-6-22(29)7-11-28(12-8-22)21(32)30-10-5-18(27-30)26-20(31)19(24)25/h3-5,10,13,19H,2,6-9,11-12,14H2,1H3,(H,26,27,31). The van der Waals surface area contributed by atoms with Gasteiger partial charge in [-0.05, 0) is 56.3 Å². The Morgan fingerprint density at radius 3 is 2.62 bits per heavy atom. The third kappa shape index (κ3) is 4.63. The maximum atomic E-state index is 12.8. The summed E-state index contributed by atoms with van der Waals surface area (Å²) in [4.78, 5) is 28.2. The predicted octanol–water partition coefficient (Wildman–Crippen LogP) is 4.15. The topological polar surface area (TPSA) is 70.5 Å². The number of anilines is 1. The number of halogens is 3. The summed E-state index contributed by atoms with van der Waals surface area (Å²) in [5, 5.41) is 6.68. The van der Waals surface area contributed by atoms with Crippen LogP contribution in [0.4, 0.5) is 19.4 Å². The number of carbonyl (C=O) groups excluding carboxylic acids is 2. The summed E-state index contributed by atoms with van der Waals surface area (Å²) in [6.07, 6.45) is 2.20. The average Bonchev–Trinajstić information content (AvgIpc) is 3.38. The third-order valence-electron chi connectivity index (χ3n) is 6.54. The number of piperidine rings is 1. The van der Waals surface area contributed by atoms with Gasteiger partial charge in [0, 0.05) is 42.5 Å².